The van der Waals surface area contributed by atoms with Crippen molar-refractivity contribution in [3.05, 3.63) is 18.0 Å². The molecule has 1 amide bonds. The van der Waals surface area contributed by atoms with Crippen LogP contribution in [0.3, 0.4) is 0 Å². The molecule has 6 nitrogen and oxygen atoms in total. The van der Waals surface area contributed by atoms with Crippen LogP contribution in [0.1, 0.15) is 48.6 Å². The molecule has 1 N–H and O–H groups in total. The molecule has 0 aromatic carbocycles. The lowest BCUT2D eigenvalue weighted by atomic mass is 9.84. The summed E-state index contributed by atoms with van der Waals surface area (Å²) in [4.78, 5) is 17.3. The van der Waals surface area contributed by atoms with Crippen LogP contribution in [0.5, 0.6) is 0 Å². The van der Waals surface area contributed by atoms with Gasteiger partial charge in [-0.05, 0) is 76.7 Å². The van der Waals surface area contributed by atoms with Gasteiger partial charge in [0.05, 0.1) is 6.04 Å². The van der Waals surface area contributed by atoms with Crippen LogP contribution in [0.15, 0.2) is 12.3 Å². The molecule has 2 unspecified atom stereocenters. The van der Waals surface area contributed by atoms with Gasteiger partial charge in [0.15, 0.2) is 0 Å². The first kappa shape index (κ1) is 17.0. The molecule has 3 aliphatic rings. The zero-order valence-electron chi connectivity index (χ0n) is 15.4. The number of amides is 1. The fourth-order valence-corrected chi connectivity index (χ4v) is 4.73. The van der Waals surface area contributed by atoms with Crippen LogP contribution in [0, 0.1) is 11.8 Å². The summed E-state index contributed by atoms with van der Waals surface area (Å²) in [5.41, 5.74) is 0.620. The topological polar surface area (TPSA) is 53.4 Å². The van der Waals surface area contributed by atoms with Gasteiger partial charge >= 0.3 is 0 Å². The second-order valence-electron chi connectivity index (χ2n) is 8.12. The van der Waals surface area contributed by atoms with Gasteiger partial charge in [0, 0.05) is 25.8 Å². The molecule has 1 aromatic heterocycles. The highest BCUT2D eigenvalue weighted by molar-refractivity contribution is 5.92. The zero-order chi connectivity index (χ0) is 17.2. The van der Waals surface area contributed by atoms with Gasteiger partial charge in [0.1, 0.15) is 5.69 Å². The molecule has 0 saturated carbocycles. The molecular formula is C19H31N5O. The molecule has 6 heteroatoms. The molecule has 0 radical (unpaired) electrons. The maximum Gasteiger partial charge on any atom is 0.274 e. The van der Waals surface area contributed by atoms with Crippen molar-refractivity contribution in [3.8, 4) is 0 Å². The predicted molar refractivity (Wildman–Crippen MR) is 97.6 cm³/mol. The Bertz CT molecular complexity index is 586. The highest BCUT2D eigenvalue weighted by Gasteiger charge is 2.34. The number of hydrogen-bond donors (Lipinski definition) is 1. The van der Waals surface area contributed by atoms with E-state index in [-0.39, 0.29) is 5.91 Å². The summed E-state index contributed by atoms with van der Waals surface area (Å²) < 4.78 is 1.99. The van der Waals surface area contributed by atoms with Crippen LogP contribution in [0.4, 0.5) is 0 Å². The van der Waals surface area contributed by atoms with E-state index in [2.05, 4.69) is 22.4 Å². The Morgan fingerprint density at radius 1 is 1.16 bits per heavy atom. The van der Waals surface area contributed by atoms with E-state index in [4.69, 9.17) is 0 Å². The van der Waals surface area contributed by atoms with Crippen molar-refractivity contribution in [2.75, 3.05) is 46.3 Å². The van der Waals surface area contributed by atoms with Gasteiger partial charge in [-0.25, -0.2) is 0 Å². The normalized spacial score (nSPS) is 29.2. The first-order chi connectivity index (χ1) is 12.2. The average Bonchev–Trinajstić information content (AvgIpc) is 3.33. The van der Waals surface area contributed by atoms with Crippen LogP contribution >= 0.6 is 0 Å². The van der Waals surface area contributed by atoms with Gasteiger partial charge < -0.3 is 15.1 Å². The molecule has 2 atom stereocenters. The minimum atomic E-state index is 0.123. The first-order valence-corrected chi connectivity index (χ1v) is 9.94. The number of hydrogen-bond acceptors (Lipinski definition) is 4. The number of piperidine rings is 2. The molecule has 3 aliphatic heterocycles. The summed E-state index contributed by atoms with van der Waals surface area (Å²) in [6.07, 6.45) is 8.03. The van der Waals surface area contributed by atoms with Crippen molar-refractivity contribution >= 4 is 5.91 Å². The maximum atomic E-state index is 12.8. The second kappa shape index (κ2) is 7.46. The summed E-state index contributed by atoms with van der Waals surface area (Å²) in [6, 6.07) is 2.29. The van der Waals surface area contributed by atoms with E-state index < -0.39 is 0 Å². The summed E-state index contributed by atoms with van der Waals surface area (Å²) in [5, 5.41) is 8.02. The number of nitrogens with zero attached hydrogens (tertiary/aromatic N) is 4. The van der Waals surface area contributed by atoms with Crippen LogP contribution in [0.2, 0.25) is 0 Å². The molecule has 0 aliphatic carbocycles. The molecule has 4 heterocycles. The number of carbonyl (C=O) groups is 1. The largest absolute Gasteiger partial charge is 0.337 e. The molecule has 0 spiro atoms. The van der Waals surface area contributed by atoms with Gasteiger partial charge in [-0.3, -0.25) is 9.48 Å². The van der Waals surface area contributed by atoms with E-state index in [0.29, 0.717) is 17.7 Å². The molecule has 4 rings (SSSR count). The monoisotopic (exact) mass is 345 g/mol. The van der Waals surface area contributed by atoms with Gasteiger partial charge in [-0.1, -0.05) is 0 Å². The molecule has 138 valence electrons. The van der Waals surface area contributed by atoms with Gasteiger partial charge in [-0.15, -0.1) is 0 Å². The molecule has 3 fully saturated rings. The van der Waals surface area contributed by atoms with E-state index in [9.17, 15) is 4.79 Å². The van der Waals surface area contributed by atoms with Crippen molar-refractivity contribution in [1.29, 1.82) is 0 Å². The third-order valence-corrected chi connectivity index (χ3v) is 6.41. The number of likely N-dealkylation sites (tertiary alicyclic amines) is 2. The van der Waals surface area contributed by atoms with E-state index in [0.717, 1.165) is 44.9 Å². The van der Waals surface area contributed by atoms with E-state index in [1.54, 1.807) is 0 Å². The average molecular weight is 345 g/mol. The highest BCUT2D eigenvalue weighted by Crippen LogP contribution is 2.32. The standard InChI is InChI=1S/C19H31N5O/c1-22-9-4-15(5-10-22)16-6-11-23(14-16)19(25)18-7-12-24(21-18)17-3-2-8-20-13-17/h7,12,15-17,20H,2-6,8-11,13-14H2,1H3. The van der Waals surface area contributed by atoms with Crippen molar-refractivity contribution in [1.82, 2.24) is 24.9 Å². The molecule has 0 bridgehead atoms. The Balaban J connectivity index is 1.34. The fourth-order valence-electron chi connectivity index (χ4n) is 4.73. The minimum Gasteiger partial charge on any atom is -0.337 e. The third-order valence-electron chi connectivity index (χ3n) is 6.41. The minimum absolute atomic E-state index is 0.123. The van der Waals surface area contributed by atoms with E-state index in [1.807, 2.05) is 21.8 Å². The number of nitrogens with one attached hydrogen (secondary N) is 1. The Morgan fingerprint density at radius 2 is 1.96 bits per heavy atom. The lowest BCUT2D eigenvalue weighted by Gasteiger charge is -2.32. The Labute approximate surface area is 150 Å². The SMILES string of the molecule is CN1CCC(C2CCN(C(=O)c3ccn(C4CCCNC4)n3)C2)CC1. The fraction of sp³-hybridized carbons (Fsp3) is 0.789. The van der Waals surface area contributed by atoms with Gasteiger partial charge in [-0.2, -0.15) is 5.10 Å². The molecular weight excluding hydrogens is 314 g/mol. The maximum absolute atomic E-state index is 12.8. The Hall–Kier alpha value is -1.40. The zero-order valence-corrected chi connectivity index (χ0v) is 15.4. The van der Waals surface area contributed by atoms with Crippen molar-refractivity contribution in [3.63, 3.8) is 0 Å². The predicted octanol–water partition coefficient (Wildman–Crippen LogP) is 1.61. The molecule has 3 saturated heterocycles. The number of aromatic nitrogens is 2. The molecule has 25 heavy (non-hydrogen) atoms. The van der Waals surface area contributed by atoms with Crippen molar-refractivity contribution in [2.24, 2.45) is 11.8 Å². The van der Waals surface area contributed by atoms with Crippen LogP contribution in [0.25, 0.3) is 0 Å². The third kappa shape index (κ3) is 3.75. The second-order valence-corrected chi connectivity index (χ2v) is 8.12. The summed E-state index contributed by atoms with van der Waals surface area (Å²) in [6.45, 7) is 6.27. The smallest absolute Gasteiger partial charge is 0.274 e. The van der Waals surface area contributed by atoms with E-state index in [1.165, 1.54) is 32.4 Å². The van der Waals surface area contributed by atoms with Crippen LogP contribution < -0.4 is 5.32 Å². The van der Waals surface area contributed by atoms with Crippen LogP contribution in [-0.4, -0.2) is 71.8 Å². The first-order valence-electron chi connectivity index (χ1n) is 9.94. The lowest BCUT2D eigenvalue weighted by molar-refractivity contribution is 0.0768. The lowest BCUT2D eigenvalue weighted by Crippen LogP contribution is -2.35. The van der Waals surface area contributed by atoms with E-state index >= 15 is 0 Å². The quantitative estimate of drug-likeness (QED) is 0.904. The van der Waals surface area contributed by atoms with Crippen molar-refractivity contribution in [2.45, 2.75) is 38.1 Å². The van der Waals surface area contributed by atoms with Crippen molar-refractivity contribution < 1.29 is 4.79 Å². The number of rotatable bonds is 3. The van der Waals surface area contributed by atoms with Crippen LogP contribution in [-0.2, 0) is 0 Å². The van der Waals surface area contributed by atoms with Gasteiger partial charge in [0.2, 0.25) is 0 Å². The number of carbonyl (C=O) groups excluding carboxylic acids is 1. The highest BCUT2D eigenvalue weighted by atomic mass is 16.2. The summed E-state index contributed by atoms with van der Waals surface area (Å²) >= 11 is 0. The molecule has 1 aromatic rings. The Morgan fingerprint density at radius 3 is 2.72 bits per heavy atom. The summed E-state index contributed by atoms with van der Waals surface area (Å²) in [5.74, 6) is 1.60. The Kier molecular flexibility index (Phi) is 5.08. The summed E-state index contributed by atoms with van der Waals surface area (Å²) in [7, 11) is 2.21. The van der Waals surface area contributed by atoms with Gasteiger partial charge in [0.25, 0.3) is 5.91 Å².